The van der Waals surface area contributed by atoms with E-state index in [1.807, 2.05) is 14.0 Å². The van der Waals surface area contributed by atoms with E-state index >= 15 is 0 Å². The summed E-state index contributed by atoms with van der Waals surface area (Å²) in [7, 11) is 3.65. The van der Waals surface area contributed by atoms with Crippen molar-refractivity contribution in [3.05, 3.63) is 16.4 Å². The molecule has 1 aliphatic rings. The number of hydrogen-bond acceptors (Lipinski definition) is 3. The Morgan fingerprint density at radius 2 is 2.29 bits per heavy atom. The van der Waals surface area contributed by atoms with Crippen molar-refractivity contribution in [1.29, 1.82) is 0 Å². The number of methoxy groups -OCH3 is 1. The first-order valence-electron chi connectivity index (χ1n) is 6.01. The van der Waals surface area contributed by atoms with Crippen molar-refractivity contribution in [3.63, 3.8) is 0 Å². The number of aryl methyl sites for hydroxylation is 2. The minimum absolute atomic E-state index is 0.663. The van der Waals surface area contributed by atoms with E-state index in [0.717, 1.165) is 42.7 Å². The van der Waals surface area contributed by atoms with E-state index in [0.29, 0.717) is 5.92 Å². The van der Waals surface area contributed by atoms with Crippen LogP contribution in [0, 0.1) is 12.8 Å². The Morgan fingerprint density at radius 3 is 2.88 bits per heavy atom. The molecule has 1 aromatic rings. The minimum atomic E-state index is 0.663. The molecule has 5 heteroatoms. The fourth-order valence-electron chi connectivity index (χ4n) is 2.51. The molecule has 4 nitrogen and oxygen atoms in total. The topological polar surface area (TPSA) is 30.3 Å². The van der Waals surface area contributed by atoms with Crippen molar-refractivity contribution in [3.8, 4) is 0 Å². The molecule has 2 heterocycles. The van der Waals surface area contributed by atoms with Gasteiger partial charge in [0.1, 0.15) is 5.15 Å². The average molecular weight is 258 g/mol. The van der Waals surface area contributed by atoms with Gasteiger partial charge in [-0.05, 0) is 25.8 Å². The lowest BCUT2D eigenvalue weighted by atomic mass is 10.1. The summed E-state index contributed by atoms with van der Waals surface area (Å²) in [6.07, 6.45) is 1.21. The fourth-order valence-corrected chi connectivity index (χ4v) is 2.74. The maximum Gasteiger partial charge on any atom is 0.131 e. The van der Waals surface area contributed by atoms with Crippen LogP contribution >= 0.6 is 11.6 Å². The highest BCUT2D eigenvalue weighted by Gasteiger charge is 2.24. The quantitative estimate of drug-likeness (QED) is 0.825. The van der Waals surface area contributed by atoms with Crippen LogP contribution in [0.4, 0.5) is 0 Å². The smallest absolute Gasteiger partial charge is 0.131 e. The summed E-state index contributed by atoms with van der Waals surface area (Å²) in [4.78, 5) is 2.43. The van der Waals surface area contributed by atoms with Gasteiger partial charge in [-0.25, -0.2) is 0 Å². The van der Waals surface area contributed by atoms with Gasteiger partial charge >= 0.3 is 0 Å². The van der Waals surface area contributed by atoms with Crippen LogP contribution in [0.25, 0.3) is 0 Å². The van der Waals surface area contributed by atoms with E-state index in [1.54, 1.807) is 11.8 Å². The van der Waals surface area contributed by atoms with Gasteiger partial charge in [-0.2, -0.15) is 5.10 Å². The van der Waals surface area contributed by atoms with Gasteiger partial charge in [-0.1, -0.05) is 11.6 Å². The van der Waals surface area contributed by atoms with E-state index in [2.05, 4.69) is 10.00 Å². The minimum Gasteiger partial charge on any atom is -0.384 e. The molecule has 1 aliphatic heterocycles. The molecule has 0 radical (unpaired) electrons. The van der Waals surface area contributed by atoms with E-state index in [1.165, 1.54) is 6.42 Å². The molecule has 0 N–H and O–H groups in total. The third-order valence-electron chi connectivity index (χ3n) is 3.42. The van der Waals surface area contributed by atoms with Gasteiger partial charge in [0.2, 0.25) is 0 Å². The van der Waals surface area contributed by atoms with Crippen LogP contribution in [-0.4, -0.2) is 41.5 Å². The summed E-state index contributed by atoms with van der Waals surface area (Å²) in [6, 6.07) is 0. The second-order valence-electron chi connectivity index (χ2n) is 4.82. The molecule has 2 rings (SSSR count). The molecule has 0 aromatic carbocycles. The number of rotatable bonds is 4. The Morgan fingerprint density at radius 1 is 1.53 bits per heavy atom. The zero-order chi connectivity index (χ0) is 12.4. The molecule has 17 heavy (non-hydrogen) atoms. The Hall–Kier alpha value is -0.580. The second kappa shape index (κ2) is 5.38. The van der Waals surface area contributed by atoms with E-state index in [-0.39, 0.29) is 0 Å². The molecule has 0 saturated carbocycles. The Bertz CT molecular complexity index is 391. The average Bonchev–Trinajstić information content (AvgIpc) is 2.81. The lowest BCUT2D eigenvalue weighted by Crippen LogP contribution is -2.21. The lowest BCUT2D eigenvalue weighted by Gasteiger charge is -2.15. The zero-order valence-corrected chi connectivity index (χ0v) is 11.5. The van der Waals surface area contributed by atoms with Gasteiger partial charge in [0.05, 0.1) is 12.3 Å². The number of halogens is 1. The number of nitrogens with zero attached hydrogens (tertiary/aromatic N) is 3. The Labute approximate surface area is 107 Å². The molecular formula is C12H20ClN3O. The number of aromatic nitrogens is 2. The molecule has 96 valence electrons. The lowest BCUT2D eigenvalue weighted by molar-refractivity contribution is 0.152. The molecule has 1 aromatic heterocycles. The van der Waals surface area contributed by atoms with Gasteiger partial charge in [-0.15, -0.1) is 0 Å². The van der Waals surface area contributed by atoms with Crippen LogP contribution in [-0.2, 0) is 18.3 Å². The fraction of sp³-hybridized carbons (Fsp3) is 0.750. The summed E-state index contributed by atoms with van der Waals surface area (Å²) in [5.41, 5.74) is 2.19. The van der Waals surface area contributed by atoms with Crippen molar-refractivity contribution in [2.24, 2.45) is 13.0 Å². The molecule has 0 spiro atoms. The van der Waals surface area contributed by atoms with Crippen LogP contribution in [0.15, 0.2) is 0 Å². The van der Waals surface area contributed by atoms with Gasteiger partial charge in [0, 0.05) is 32.8 Å². The maximum atomic E-state index is 6.24. The van der Waals surface area contributed by atoms with Crippen LogP contribution in [0.3, 0.4) is 0 Å². The predicted octanol–water partition coefficient (Wildman–Crippen LogP) is 1.85. The second-order valence-corrected chi connectivity index (χ2v) is 5.18. The summed E-state index contributed by atoms with van der Waals surface area (Å²) < 4.78 is 6.95. The number of hydrogen-bond donors (Lipinski definition) is 0. The largest absolute Gasteiger partial charge is 0.384 e. The monoisotopic (exact) mass is 257 g/mol. The predicted molar refractivity (Wildman–Crippen MR) is 68.2 cm³/mol. The number of ether oxygens (including phenoxy) is 1. The maximum absolute atomic E-state index is 6.24. The Kier molecular flexibility index (Phi) is 4.07. The molecule has 1 saturated heterocycles. The van der Waals surface area contributed by atoms with Crippen molar-refractivity contribution in [2.75, 3.05) is 26.8 Å². The van der Waals surface area contributed by atoms with E-state index in [9.17, 15) is 0 Å². The highest BCUT2D eigenvalue weighted by atomic mass is 35.5. The van der Waals surface area contributed by atoms with Crippen molar-refractivity contribution < 1.29 is 4.74 Å². The first kappa shape index (κ1) is 12.9. The van der Waals surface area contributed by atoms with E-state index < -0.39 is 0 Å². The highest BCUT2D eigenvalue weighted by molar-refractivity contribution is 6.30. The molecule has 1 fully saturated rings. The third-order valence-corrected chi connectivity index (χ3v) is 3.90. The van der Waals surface area contributed by atoms with Gasteiger partial charge in [0.15, 0.2) is 0 Å². The first-order chi connectivity index (χ1) is 8.11. The van der Waals surface area contributed by atoms with Crippen LogP contribution in [0.5, 0.6) is 0 Å². The molecule has 0 aliphatic carbocycles. The standard InChI is InChI=1S/C12H20ClN3O/c1-9-11(12(13)15(2)14-9)7-16-5-4-10(6-16)8-17-3/h10H,4-8H2,1-3H3. The summed E-state index contributed by atoms with van der Waals surface area (Å²) in [5.74, 6) is 0.663. The summed E-state index contributed by atoms with van der Waals surface area (Å²) >= 11 is 6.24. The van der Waals surface area contributed by atoms with Gasteiger partial charge in [-0.3, -0.25) is 9.58 Å². The van der Waals surface area contributed by atoms with Crippen LogP contribution < -0.4 is 0 Å². The van der Waals surface area contributed by atoms with Gasteiger partial charge < -0.3 is 4.74 Å². The van der Waals surface area contributed by atoms with Crippen molar-refractivity contribution in [2.45, 2.75) is 19.9 Å². The molecule has 1 unspecified atom stereocenters. The van der Waals surface area contributed by atoms with Crippen LogP contribution in [0.2, 0.25) is 5.15 Å². The van der Waals surface area contributed by atoms with Crippen molar-refractivity contribution >= 4 is 11.6 Å². The van der Waals surface area contributed by atoms with E-state index in [4.69, 9.17) is 16.3 Å². The third kappa shape index (κ3) is 2.81. The first-order valence-corrected chi connectivity index (χ1v) is 6.39. The van der Waals surface area contributed by atoms with Crippen LogP contribution in [0.1, 0.15) is 17.7 Å². The number of likely N-dealkylation sites (tertiary alicyclic amines) is 1. The normalized spacial score (nSPS) is 21.3. The summed E-state index contributed by atoms with van der Waals surface area (Å²) in [5, 5.41) is 5.10. The van der Waals surface area contributed by atoms with Gasteiger partial charge in [0.25, 0.3) is 0 Å². The Balaban J connectivity index is 1.98. The highest BCUT2D eigenvalue weighted by Crippen LogP contribution is 2.24. The molecule has 0 bridgehead atoms. The summed E-state index contributed by atoms with van der Waals surface area (Å²) in [6.45, 7) is 6.00. The zero-order valence-electron chi connectivity index (χ0n) is 10.7. The molecular weight excluding hydrogens is 238 g/mol. The molecule has 1 atom stereocenters. The SMILES string of the molecule is COCC1CCN(Cc2c(C)nn(C)c2Cl)C1. The van der Waals surface area contributed by atoms with Crippen molar-refractivity contribution in [1.82, 2.24) is 14.7 Å². The molecule has 0 amide bonds.